The van der Waals surface area contributed by atoms with E-state index in [0.717, 1.165) is 0 Å². The van der Waals surface area contributed by atoms with E-state index in [2.05, 4.69) is 0 Å². The van der Waals surface area contributed by atoms with Gasteiger partial charge in [0.25, 0.3) is 0 Å². The molecule has 8 nitrogen and oxygen atoms in total. The summed E-state index contributed by atoms with van der Waals surface area (Å²) in [7, 11) is -7.53. The first-order valence-corrected chi connectivity index (χ1v) is 12.3. The Morgan fingerprint density at radius 1 is 0.643 bits per heavy atom. The summed E-state index contributed by atoms with van der Waals surface area (Å²) in [6.07, 6.45) is 0. The summed E-state index contributed by atoms with van der Waals surface area (Å²) in [6, 6.07) is -0.233. The second kappa shape index (κ2) is 10.7. The van der Waals surface area contributed by atoms with Gasteiger partial charge in [0, 0.05) is 0 Å². The highest BCUT2D eigenvalue weighted by Gasteiger charge is 2.37. The minimum absolute atomic E-state index is 0.233. The van der Waals surface area contributed by atoms with Crippen LogP contribution in [0.25, 0.3) is 0 Å². The highest BCUT2D eigenvalue weighted by molar-refractivity contribution is 7.48. The standard InChI is InChI=1S/C9H20ClO4P.C8H19O4P/c1-8(2,3)13-15(11,12-7-10)14-9(4,5)6;1-7(2,3)11-13(9,10)12-8(4,5)6/h7H2,1-6H3;1-6H3,(H,9,10). The monoisotopic (exact) mass is 468 g/mol. The molecule has 0 fully saturated rings. The maximum atomic E-state index is 12.1. The van der Waals surface area contributed by atoms with E-state index in [1.165, 1.54) is 0 Å². The molecule has 0 aromatic carbocycles. The Morgan fingerprint density at radius 2 is 0.893 bits per heavy atom. The third kappa shape index (κ3) is 21.2. The topological polar surface area (TPSA) is 101 Å². The molecule has 0 aromatic rings. The lowest BCUT2D eigenvalue weighted by Crippen LogP contribution is -2.24. The smallest absolute Gasteiger partial charge is 0.302 e. The van der Waals surface area contributed by atoms with Crippen molar-refractivity contribution in [3.8, 4) is 0 Å². The van der Waals surface area contributed by atoms with Crippen molar-refractivity contribution in [1.29, 1.82) is 0 Å². The number of alkyl halides is 1. The van der Waals surface area contributed by atoms with Crippen LogP contribution >= 0.6 is 27.2 Å². The zero-order valence-corrected chi connectivity index (χ0v) is 21.8. The van der Waals surface area contributed by atoms with Crippen LogP contribution in [0.4, 0.5) is 0 Å². The summed E-state index contributed by atoms with van der Waals surface area (Å²) in [4.78, 5) is 9.30. The van der Waals surface area contributed by atoms with Gasteiger partial charge in [-0.05, 0) is 83.1 Å². The molecule has 0 aromatic heterocycles. The summed E-state index contributed by atoms with van der Waals surface area (Å²) in [5.41, 5.74) is -2.61. The second-order valence-corrected chi connectivity index (χ2v) is 13.0. The molecular weight excluding hydrogens is 430 g/mol. The van der Waals surface area contributed by atoms with Crippen LogP contribution < -0.4 is 0 Å². The zero-order valence-electron chi connectivity index (χ0n) is 19.3. The minimum atomic E-state index is -3.94. The van der Waals surface area contributed by atoms with Crippen molar-refractivity contribution < 1.29 is 36.6 Å². The summed E-state index contributed by atoms with van der Waals surface area (Å²) in [6.45, 7) is 20.8. The van der Waals surface area contributed by atoms with Crippen LogP contribution in [0.2, 0.25) is 0 Å². The van der Waals surface area contributed by atoms with Gasteiger partial charge in [0.2, 0.25) is 0 Å². The number of hydrogen-bond acceptors (Lipinski definition) is 7. The molecule has 0 radical (unpaired) electrons. The Kier molecular flexibility index (Phi) is 11.7. The molecule has 0 heterocycles. The average Bonchev–Trinajstić information content (AvgIpc) is 2.14. The number of phosphoric ester groups is 2. The van der Waals surface area contributed by atoms with Gasteiger partial charge in [0.1, 0.15) is 6.07 Å². The fraction of sp³-hybridized carbons (Fsp3) is 1.00. The van der Waals surface area contributed by atoms with Gasteiger partial charge < -0.3 is 4.89 Å². The highest BCUT2D eigenvalue weighted by atomic mass is 35.5. The normalized spacial score (nSPS) is 14.5. The van der Waals surface area contributed by atoms with E-state index in [4.69, 9.17) is 34.2 Å². The molecule has 11 heteroatoms. The van der Waals surface area contributed by atoms with Crippen LogP contribution in [0.1, 0.15) is 83.1 Å². The third-order valence-electron chi connectivity index (χ3n) is 1.76. The van der Waals surface area contributed by atoms with E-state index in [0.29, 0.717) is 0 Å². The van der Waals surface area contributed by atoms with Crippen LogP contribution in [0, 0.1) is 0 Å². The van der Waals surface area contributed by atoms with Gasteiger partial charge in [-0.2, -0.15) is 0 Å². The van der Waals surface area contributed by atoms with Gasteiger partial charge in [-0.3, -0.25) is 22.6 Å². The molecule has 0 atom stereocenters. The average molecular weight is 469 g/mol. The van der Waals surface area contributed by atoms with Crippen molar-refractivity contribution in [3.63, 3.8) is 0 Å². The molecule has 28 heavy (non-hydrogen) atoms. The Bertz CT molecular complexity index is 513. The number of phosphoric acid groups is 2. The van der Waals surface area contributed by atoms with Crippen LogP contribution in [-0.2, 0) is 31.7 Å². The van der Waals surface area contributed by atoms with Crippen LogP contribution in [0.15, 0.2) is 0 Å². The van der Waals surface area contributed by atoms with Crippen molar-refractivity contribution in [2.45, 2.75) is 105 Å². The molecule has 0 aliphatic carbocycles. The van der Waals surface area contributed by atoms with E-state index in [-0.39, 0.29) is 6.07 Å². The molecule has 0 aliphatic heterocycles. The summed E-state index contributed by atoms with van der Waals surface area (Å²) in [5.74, 6) is 0. The fourth-order valence-corrected chi connectivity index (χ4v) is 4.90. The first kappa shape index (κ1) is 30.7. The Hall–Kier alpha value is 0.510. The zero-order chi connectivity index (χ0) is 23.2. The van der Waals surface area contributed by atoms with Crippen LogP contribution in [0.5, 0.6) is 0 Å². The van der Waals surface area contributed by atoms with E-state index in [1.807, 2.05) is 0 Å². The first-order valence-electron chi connectivity index (χ1n) is 8.85. The predicted octanol–water partition coefficient (Wildman–Crippen LogP) is 6.65. The Labute approximate surface area is 175 Å². The molecule has 0 saturated carbocycles. The molecule has 0 rings (SSSR count). The second-order valence-electron chi connectivity index (χ2n) is 9.97. The molecule has 0 unspecified atom stereocenters. The maximum absolute atomic E-state index is 12.1. The number of rotatable bonds is 6. The Balaban J connectivity index is 0. The lowest BCUT2D eigenvalue weighted by atomic mass is 10.2. The molecular formula is C17H39ClO8P2. The van der Waals surface area contributed by atoms with Gasteiger partial charge in [-0.1, -0.05) is 11.6 Å². The van der Waals surface area contributed by atoms with E-state index < -0.39 is 38.0 Å². The molecule has 1 N–H and O–H groups in total. The third-order valence-corrected chi connectivity index (χ3v) is 5.56. The molecule has 0 aliphatic rings. The molecule has 0 amide bonds. The van der Waals surface area contributed by atoms with Crippen LogP contribution in [0.3, 0.4) is 0 Å². The van der Waals surface area contributed by atoms with Gasteiger partial charge >= 0.3 is 15.6 Å². The predicted molar refractivity (Wildman–Crippen MR) is 113 cm³/mol. The van der Waals surface area contributed by atoms with Crippen molar-refractivity contribution in [3.05, 3.63) is 0 Å². The van der Waals surface area contributed by atoms with Gasteiger partial charge in [-0.15, -0.1) is 0 Å². The van der Waals surface area contributed by atoms with Crippen LogP contribution in [-0.4, -0.2) is 33.4 Å². The molecule has 0 spiro atoms. The van der Waals surface area contributed by atoms with E-state index in [9.17, 15) is 14.0 Å². The van der Waals surface area contributed by atoms with Gasteiger partial charge in [0.05, 0.1) is 22.4 Å². The highest BCUT2D eigenvalue weighted by Crippen LogP contribution is 2.55. The fourth-order valence-electron chi connectivity index (χ4n) is 1.51. The van der Waals surface area contributed by atoms with Crippen molar-refractivity contribution in [1.82, 2.24) is 0 Å². The summed E-state index contributed by atoms with van der Waals surface area (Å²) in [5, 5.41) is 0. The lowest BCUT2D eigenvalue weighted by molar-refractivity contribution is 0.00827. The van der Waals surface area contributed by atoms with E-state index in [1.54, 1.807) is 83.1 Å². The van der Waals surface area contributed by atoms with Crippen molar-refractivity contribution in [2.75, 3.05) is 6.07 Å². The first-order chi connectivity index (χ1) is 11.9. The lowest BCUT2D eigenvalue weighted by Gasteiger charge is -2.30. The van der Waals surface area contributed by atoms with Crippen molar-refractivity contribution >= 4 is 27.2 Å². The van der Waals surface area contributed by atoms with Crippen molar-refractivity contribution in [2.24, 2.45) is 0 Å². The number of halogens is 1. The maximum Gasteiger partial charge on any atom is 0.476 e. The molecule has 0 bridgehead atoms. The van der Waals surface area contributed by atoms with E-state index >= 15 is 0 Å². The number of hydrogen-bond donors (Lipinski definition) is 1. The SMILES string of the molecule is CC(C)(C)OP(=O)(O)OC(C)(C)C.CC(C)(C)OP(=O)(OCCl)OC(C)(C)C. The van der Waals surface area contributed by atoms with Gasteiger partial charge in [0.15, 0.2) is 0 Å². The minimum Gasteiger partial charge on any atom is -0.302 e. The Morgan fingerprint density at radius 3 is 1.07 bits per heavy atom. The largest absolute Gasteiger partial charge is 0.476 e. The molecule has 172 valence electrons. The quantitative estimate of drug-likeness (QED) is 0.341. The summed E-state index contributed by atoms with van der Waals surface area (Å²) >= 11 is 5.39. The van der Waals surface area contributed by atoms with Gasteiger partial charge in [-0.25, -0.2) is 9.13 Å². The summed E-state index contributed by atoms with van der Waals surface area (Å²) < 4.78 is 48.6. The molecule has 0 saturated heterocycles.